The maximum Gasteiger partial charge on any atom is 0.154 e. The predicted octanol–water partition coefficient (Wildman–Crippen LogP) is 2.17. The summed E-state index contributed by atoms with van der Waals surface area (Å²) in [5.74, 6) is 0.337. The third kappa shape index (κ3) is 2.50. The van der Waals surface area contributed by atoms with Crippen molar-refractivity contribution >= 4 is 5.78 Å². The van der Waals surface area contributed by atoms with Gasteiger partial charge in [0.25, 0.3) is 0 Å². The molecule has 0 amide bonds. The third-order valence-electron chi connectivity index (χ3n) is 3.31. The second-order valence-corrected chi connectivity index (χ2v) is 4.72. The zero-order chi connectivity index (χ0) is 11.5. The van der Waals surface area contributed by atoms with Gasteiger partial charge in [0.1, 0.15) is 0 Å². The molecule has 0 saturated carbocycles. The van der Waals surface area contributed by atoms with Gasteiger partial charge in [0.05, 0.1) is 6.04 Å². The minimum atomic E-state index is 0.0979. The van der Waals surface area contributed by atoms with Gasteiger partial charge in [0.15, 0.2) is 5.78 Å². The summed E-state index contributed by atoms with van der Waals surface area (Å²) in [5.41, 5.74) is 3.66. The highest BCUT2D eigenvalue weighted by atomic mass is 16.1. The lowest BCUT2D eigenvalue weighted by atomic mass is 9.98. The Balaban J connectivity index is 2.05. The Labute approximate surface area is 97.1 Å². The largest absolute Gasteiger partial charge is 0.307 e. The van der Waals surface area contributed by atoms with Crippen molar-refractivity contribution < 1.29 is 4.79 Å². The highest BCUT2D eigenvalue weighted by Gasteiger charge is 2.22. The van der Waals surface area contributed by atoms with Gasteiger partial charge in [-0.3, -0.25) is 4.79 Å². The van der Waals surface area contributed by atoms with E-state index < -0.39 is 0 Å². The Kier molecular flexibility index (Phi) is 3.39. The molecular formula is C14H19NO. The Morgan fingerprint density at radius 1 is 1.44 bits per heavy atom. The van der Waals surface area contributed by atoms with E-state index in [4.69, 9.17) is 0 Å². The van der Waals surface area contributed by atoms with E-state index in [1.165, 1.54) is 16.7 Å². The minimum absolute atomic E-state index is 0.0979. The highest BCUT2D eigenvalue weighted by molar-refractivity contribution is 5.86. The SMILES string of the molecule is Cc1ccc(CC(=O)C2CCCN2)c(C)c1. The first-order valence-electron chi connectivity index (χ1n) is 5.99. The van der Waals surface area contributed by atoms with Crippen molar-refractivity contribution in [2.75, 3.05) is 6.54 Å². The molecule has 1 aliphatic rings. The summed E-state index contributed by atoms with van der Waals surface area (Å²) in [4.78, 5) is 12.0. The summed E-state index contributed by atoms with van der Waals surface area (Å²) in [6.45, 7) is 5.15. The molecule has 1 N–H and O–H groups in total. The standard InChI is InChI=1S/C14H19NO/c1-10-5-6-12(11(2)8-10)9-14(16)13-4-3-7-15-13/h5-6,8,13,15H,3-4,7,9H2,1-2H3. The number of carbonyl (C=O) groups excluding carboxylic acids is 1. The van der Waals surface area contributed by atoms with E-state index in [0.717, 1.165) is 19.4 Å². The fourth-order valence-corrected chi connectivity index (χ4v) is 2.31. The van der Waals surface area contributed by atoms with Gasteiger partial charge in [-0.05, 0) is 44.4 Å². The van der Waals surface area contributed by atoms with E-state index >= 15 is 0 Å². The molecule has 1 fully saturated rings. The third-order valence-corrected chi connectivity index (χ3v) is 3.31. The van der Waals surface area contributed by atoms with Crippen LogP contribution >= 0.6 is 0 Å². The average molecular weight is 217 g/mol. The molecule has 1 aromatic carbocycles. The van der Waals surface area contributed by atoms with E-state index in [1.54, 1.807) is 0 Å². The van der Waals surface area contributed by atoms with Crippen LogP contribution in [0, 0.1) is 13.8 Å². The fourth-order valence-electron chi connectivity index (χ4n) is 2.31. The first kappa shape index (κ1) is 11.3. The summed E-state index contributed by atoms with van der Waals surface area (Å²) in [6, 6.07) is 6.40. The Hall–Kier alpha value is -1.15. The number of benzene rings is 1. The van der Waals surface area contributed by atoms with Crippen LogP contribution in [0.2, 0.25) is 0 Å². The molecular weight excluding hydrogens is 198 g/mol. The van der Waals surface area contributed by atoms with Crippen molar-refractivity contribution in [2.24, 2.45) is 0 Å². The maximum atomic E-state index is 12.0. The molecule has 0 spiro atoms. The summed E-state index contributed by atoms with van der Waals surface area (Å²) in [6.07, 6.45) is 2.71. The topological polar surface area (TPSA) is 29.1 Å². The molecule has 1 aromatic rings. The van der Waals surface area contributed by atoms with Crippen molar-refractivity contribution in [1.29, 1.82) is 0 Å². The lowest BCUT2D eigenvalue weighted by Crippen LogP contribution is -2.32. The summed E-state index contributed by atoms with van der Waals surface area (Å²) >= 11 is 0. The van der Waals surface area contributed by atoms with Gasteiger partial charge in [0, 0.05) is 6.42 Å². The molecule has 2 nitrogen and oxygen atoms in total. The van der Waals surface area contributed by atoms with Gasteiger partial charge in [-0.2, -0.15) is 0 Å². The smallest absolute Gasteiger partial charge is 0.154 e. The van der Waals surface area contributed by atoms with Crippen LogP contribution in [0.3, 0.4) is 0 Å². The summed E-state index contributed by atoms with van der Waals surface area (Å²) in [7, 11) is 0. The number of rotatable bonds is 3. The number of aryl methyl sites for hydroxylation is 2. The minimum Gasteiger partial charge on any atom is -0.307 e. The van der Waals surface area contributed by atoms with Crippen LogP contribution in [-0.2, 0) is 11.2 Å². The summed E-state index contributed by atoms with van der Waals surface area (Å²) < 4.78 is 0. The van der Waals surface area contributed by atoms with E-state index in [1.807, 2.05) is 0 Å². The molecule has 2 rings (SSSR count). The zero-order valence-electron chi connectivity index (χ0n) is 10.0. The van der Waals surface area contributed by atoms with Gasteiger partial charge in [-0.25, -0.2) is 0 Å². The molecule has 1 aliphatic heterocycles. The number of hydrogen-bond donors (Lipinski definition) is 1. The van der Waals surface area contributed by atoms with Crippen LogP contribution < -0.4 is 5.32 Å². The quantitative estimate of drug-likeness (QED) is 0.840. The van der Waals surface area contributed by atoms with Crippen molar-refractivity contribution in [2.45, 2.75) is 39.2 Å². The lowest BCUT2D eigenvalue weighted by Gasteiger charge is -2.11. The Morgan fingerprint density at radius 2 is 2.25 bits per heavy atom. The zero-order valence-corrected chi connectivity index (χ0v) is 10.0. The predicted molar refractivity (Wildman–Crippen MR) is 65.7 cm³/mol. The van der Waals surface area contributed by atoms with Crippen molar-refractivity contribution in [3.05, 3.63) is 34.9 Å². The van der Waals surface area contributed by atoms with Crippen LogP contribution in [0.4, 0.5) is 0 Å². The van der Waals surface area contributed by atoms with Crippen LogP contribution in [-0.4, -0.2) is 18.4 Å². The highest BCUT2D eigenvalue weighted by Crippen LogP contribution is 2.14. The lowest BCUT2D eigenvalue weighted by molar-refractivity contribution is -0.120. The fraction of sp³-hybridized carbons (Fsp3) is 0.500. The van der Waals surface area contributed by atoms with Gasteiger partial charge >= 0.3 is 0 Å². The molecule has 1 heterocycles. The molecule has 16 heavy (non-hydrogen) atoms. The van der Waals surface area contributed by atoms with E-state index in [2.05, 4.69) is 37.4 Å². The van der Waals surface area contributed by atoms with Crippen LogP contribution in [0.5, 0.6) is 0 Å². The van der Waals surface area contributed by atoms with Crippen LogP contribution in [0.25, 0.3) is 0 Å². The first-order chi connectivity index (χ1) is 7.66. The molecule has 0 aliphatic carbocycles. The monoisotopic (exact) mass is 217 g/mol. The Morgan fingerprint density at radius 3 is 2.88 bits per heavy atom. The van der Waals surface area contributed by atoms with Crippen LogP contribution in [0.15, 0.2) is 18.2 Å². The Bertz CT molecular complexity index is 392. The first-order valence-corrected chi connectivity index (χ1v) is 5.99. The van der Waals surface area contributed by atoms with Gasteiger partial charge in [-0.15, -0.1) is 0 Å². The maximum absolute atomic E-state index is 12.0. The average Bonchev–Trinajstić information content (AvgIpc) is 2.75. The van der Waals surface area contributed by atoms with E-state index in [9.17, 15) is 4.79 Å². The van der Waals surface area contributed by atoms with E-state index in [-0.39, 0.29) is 6.04 Å². The number of nitrogens with one attached hydrogen (secondary N) is 1. The summed E-state index contributed by atoms with van der Waals surface area (Å²) in [5, 5.41) is 3.26. The van der Waals surface area contributed by atoms with Crippen LogP contribution in [0.1, 0.15) is 29.5 Å². The number of hydrogen-bond acceptors (Lipinski definition) is 2. The van der Waals surface area contributed by atoms with Crippen molar-refractivity contribution in [3.8, 4) is 0 Å². The molecule has 0 radical (unpaired) electrons. The normalized spacial score (nSPS) is 20.0. The second kappa shape index (κ2) is 4.79. The van der Waals surface area contributed by atoms with E-state index in [0.29, 0.717) is 12.2 Å². The van der Waals surface area contributed by atoms with Gasteiger partial charge < -0.3 is 5.32 Å². The number of ketones is 1. The molecule has 2 heteroatoms. The van der Waals surface area contributed by atoms with Gasteiger partial charge in [0.2, 0.25) is 0 Å². The molecule has 1 unspecified atom stereocenters. The molecule has 0 aromatic heterocycles. The molecule has 0 bridgehead atoms. The number of carbonyl (C=O) groups is 1. The van der Waals surface area contributed by atoms with Crippen molar-refractivity contribution in [1.82, 2.24) is 5.32 Å². The molecule has 86 valence electrons. The van der Waals surface area contributed by atoms with Crippen molar-refractivity contribution in [3.63, 3.8) is 0 Å². The second-order valence-electron chi connectivity index (χ2n) is 4.72. The molecule has 1 saturated heterocycles. The number of Topliss-reactive ketones (excluding diaryl/α,β-unsaturated/α-hetero) is 1. The van der Waals surface area contributed by atoms with Gasteiger partial charge in [-0.1, -0.05) is 23.8 Å². The molecule has 1 atom stereocenters.